The van der Waals surface area contributed by atoms with E-state index in [1.165, 1.54) is 6.07 Å². The Morgan fingerprint density at radius 3 is 2.26 bits per heavy atom. The summed E-state index contributed by atoms with van der Waals surface area (Å²) in [7, 11) is 0. The predicted molar refractivity (Wildman–Crippen MR) is 55.2 cm³/mol. The van der Waals surface area contributed by atoms with Gasteiger partial charge in [-0.3, -0.25) is 0 Å². The average molecular weight is 287 g/mol. The molecule has 2 N–H and O–H groups in total. The molecule has 0 spiro atoms. The Labute approximate surface area is 105 Å². The highest BCUT2D eigenvalue weighted by Gasteiger charge is 2.31. The van der Waals surface area contributed by atoms with Crippen LogP contribution in [0.15, 0.2) is 24.3 Å². The van der Waals surface area contributed by atoms with Crippen molar-refractivity contribution in [2.24, 2.45) is 5.73 Å². The van der Waals surface area contributed by atoms with Crippen molar-refractivity contribution in [3.05, 3.63) is 35.4 Å². The molecule has 0 fully saturated rings. The summed E-state index contributed by atoms with van der Waals surface area (Å²) in [5.74, 6) is 0. The van der Waals surface area contributed by atoms with Crippen LogP contribution in [0.2, 0.25) is 0 Å². The van der Waals surface area contributed by atoms with Crippen LogP contribution in [0.25, 0.3) is 0 Å². The van der Waals surface area contributed by atoms with E-state index in [-0.39, 0.29) is 5.56 Å². The minimum absolute atomic E-state index is 0.0667. The minimum atomic E-state index is -4.53. The van der Waals surface area contributed by atoms with E-state index < -0.39 is 37.2 Å². The van der Waals surface area contributed by atoms with Gasteiger partial charge in [0.1, 0.15) is 6.61 Å². The van der Waals surface area contributed by atoms with Gasteiger partial charge in [0.2, 0.25) is 0 Å². The van der Waals surface area contributed by atoms with E-state index in [4.69, 9.17) is 5.73 Å². The lowest BCUT2D eigenvalue weighted by Gasteiger charge is -2.15. The van der Waals surface area contributed by atoms with Crippen LogP contribution >= 0.6 is 0 Å². The number of hydrogen-bond donors (Lipinski definition) is 1. The number of alkyl halides is 6. The van der Waals surface area contributed by atoms with Crippen LogP contribution < -0.4 is 5.73 Å². The molecule has 0 bridgehead atoms. The molecule has 1 aromatic carbocycles. The summed E-state index contributed by atoms with van der Waals surface area (Å²) in [5.41, 5.74) is 4.64. The average Bonchev–Trinajstić information content (AvgIpc) is 2.26. The van der Waals surface area contributed by atoms with E-state index in [1.807, 2.05) is 0 Å². The van der Waals surface area contributed by atoms with Crippen LogP contribution in [0.1, 0.15) is 17.2 Å². The maximum absolute atomic E-state index is 12.4. The molecule has 0 saturated heterocycles. The zero-order valence-electron chi connectivity index (χ0n) is 9.55. The van der Waals surface area contributed by atoms with Crippen molar-refractivity contribution in [1.82, 2.24) is 0 Å². The standard InChI is InChI=1S/C11H11F6NO/c12-10(13,14)6-19-5-9(18)7-2-1-3-8(4-7)11(15,16)17/h1-4,9H,5-6,18H2. The summed E-state index contributed by atoms with van der Waals surface area (Å²) in [6.07, 6.45) is -9.02. The van der Waals surface area contributed by atoms with Gasteiger partial charge in [0.25, 0.3) is 0 Å². The SMILES string of the molecule is NC(COCC(F)(F)F)c1cccc(C(F)(F)F)c1. The van der Waals surface area contributed by atoms with Gasteiger partial charge in [-0.15, -0.1) is 0 Å². The molecule has 0 aliphatic carbocycles. The van der Waals surface area contributed by atoms with E-state index in [0.29, 0.717) is 0 Å². The Kier molecular flexibility index (Phi) is 4.81. The third kappa shape index (κ3) is 5.48. The largest absolute Gasteiger partial charge is 0.416 e. The van der Waals surface area contributed by atoms with Crippen LogP contribution in [0, 0.1) is 0 Å². The molecular weight excluding hydrogens is 276 g/mol. The molecule has 19 heavy (non-hydrogen) atoms. The third-order valence-corrected chi connectivity index (χ3v) is 2.21. The third-order valence-electron chi connectivity index (χ3n) is 2.21. The van der Waals surface area contributed by atoms with E-state index in [1.54, 1.807) is 0 Å². The van der Waals surface area contributed by atoms with Gasteiger partial charge in [-0.2, -0.15) is 26.3 Å². The van der Waals surface area contributed by atoms with Gasteiger partial charge in [-0.1, -0.05) is 12.1 Å². The van der Waals surface area contributed by atoms with Crippen molar-refractivity contribution in [3.63, 3.8) is 0 Å². The molecule has 1 unspecified atom stereocenters. The van der Waals surface area contributed by atoms with Gasteiger partial charge in [0.15, 0.2) is 0 Å². The Bertz CT molecular complexity index is 414. The molecule has 1 atom stereocenters. The molecule has 1 rings (SSSR count). The Morgan fingerprint density at radius 1 is 1.11 bits per heavy atom. The van der Waals surface area contributed by atoms with Gasteiger partial charge in [0, 0.05) is 0 Å². The Morgan fingerprint density at radius 2 is 1.74 bits per heavy atom. The summed E-state index contributed by atoms with van der Waals surface area (Å²) in [6.45, 7) is -2.00. The second kappa shape index (κ2) is 5.79. The molecule has 0 radical (unpaired) electrons. The normalized spacial score (nSPS) is 14.5. The molecule has 0 amide bonds. The first kappa shape index (κ1) is 15.8. The van der Waals surface area contributed by atoms with Crippen LogP contribution in [0.5, 0.6) is 0 Å². The van der Waals surface area contributed by atoms with Crippen molar-refractivity contribution in [2.45, 2.75) is 18.4 Å². The molecule has 0 heterocycles. The maximum atomic E-state index is 12.4. The molecule has 1 aromatic rings. The van der Waals surface area contributed by atoms with Crippen molar-refractivity contribution in [2.75, 3.05) is 13.2 Å². The van der Waals surface area contributed by atoms with Crippen LogP contribution in [0.3, 0.4) is 0 Å². The maximum Gasteiger partial charge on any atom is 0.416 e. The fourth-order valence-corrected chi connectivity index (χ4v) is 1.34. The minimum Gasteiger partial charge on any atom is -0.370 e. The predicted octanol–water partition coefficient (Wildman–Crippen LogP) is 3.28. The number of halogens is 6. The summed E-state index contributed by atoms with van der Waals surface area (Å²) >= 11 is 0. The van der Waals surface area contributed by atoms with Gasteiger partial charge < -0.3 is 10.5 Å². The summed E-state index contributed by atoms with van der Waals surface area (Å²) < 4.78 is 77.0. The van der Waals surface area contributed by atoms with E-state index in [0.717, 1.165) is 18.2 Å². The van der Waals surface area contributed by atoms with E-state index >= 15 is 0 Å². The van der Waals surface area contributed by atoms with E-state index in [2.05, 4.69) is 4.74 Å². The molecule has 0 aliphatic heterocycles. The monoisotopic (exact) mass is 287 g/mol. The zero-order chi connectivity index (χ0) is 14.7. The highest BCUT2D eigenvalue weighted by Crippen LogP contribution is 2.30. The Balaban J connectivity index is 2.65. The van der Waals surface area contributed by atoms with Crippen LogP contribution in [-0.2, 0) is 10.9 Å². The number of benzene rings is 1. The summed E-state index contributed by atoms with van der Waals surface area (Å²) in [4.78, 5) is 0. The zero-order valence-corrected chi connectivity index (χ0v) is 9.55. The number of ether oxygens (including phenoxy) is 1. The van der Waals surface area contributed by atoms with Gasteiger partial charge in [0.05, 0.1) is 18.2 Å². The molecule has 108 valence electrons. The first-order valence-corrected chi connectivity index (χ1v) is 5.17. The lowest BCUT2D eigenvalue weighted by atomic mass is 10.0. The molecule has 0 saturated carbocycles. The lowest BCUT2D eigenvalue weighted by Crippen LogP contribution is -2.23. The lowest BCUT2D eigenvalue weighted by molar-refractivity contribution is -0.174. The number of hydrogen-bond acceptors (Lipinski definition) is 2. The van der Waals surface area contributed by atoms with E-state index in [9.17, 15) is 26.3 Å². The van der Waals surface area contributed by atoms with Crippen molar-refractivity contribution >= 4 is 0 Å². The first-order valence-electron chi connectivity index (χ1n) is 5.17. The van der Waals surface area contributed by atoms with Crippen molar-refractivity contribution in [1.29, 1.82) is 0 Å². The second-order valence-electron chi connectivity index (χ2n) is 3.86. The van der Waals surface area contributed by atoms with Crippen LogP contribution in [0.4, 0.5) is 26.3 Å². The molecule has 0 aliphatic rings. The molecule has 8 heteroatoms. The van der Waals surface area contributed by atoms with Crippen LogP contribution in [-0.4, -0.2) is 19.4 Å². The fourth-order valence-electron chi connectivity index (χ4n) is 1.34. The van der Waals surface area contributed by atoms with Crippen molar-refractivity contribution < 1.29 is 31.1 Å². The summed E-state index contributed by atoms with van der Waals surface area (Å²) in [6, 6.07) is 3.04. The highest BCUT2D eigenvalue weighted by atomic mass is 19.4. The van der Waals surface area contributed by atoms with Gasteiger partial charge in [-0.05, 0) is 17.7 Å². The Hall–Kier alpha value is -1.28. The number of rotatable bonds is 4. The summed E-state index contributed by atoms with van der Waals surface area (Å²) in [5, 5.41) is 0. The highest BCUT2D eigenvalue weighted by molar-refractivity contribution is 5.27. The molecule has 0 aromatic heterocycles. The van der Waals surface area contributed by atoms with Gasteiger partial charge >= 0.3 is 12.4 Å². The van der Waals surface area contributed by atoms with Crippen molar-refractivity contribution in [3.8, 4) is 0 Å². The quantitative estimate of drug-likeness (QED) is 0.862. The molecular formula is C11H11F6NO. The molecule has 2 nitrogen and oxygen atoms in total. The smallest absolute Gasteiger partial charge is 0.370 e. The first-order chi connectivity index (χ1) is 8.59. The van der Waals surface area contributed by atoms with Gasteiger partial charge in [-0.25, -0.2) is 0 Å². The fraction of sp³-hybridized carbons (Fsp3) is 0.455. The second-order valence-corrected chi connectivity index (χ2v) is 3.86. The number of nitrogens with two attached hydrogens (primary N) is 1. The topological polar surface area (TPSA) is 35.2 Å².